The van der Waals surface area contributed by atoms with Crippen LogP contribution in [0.1, 0.15) is 24.4 Å². The number of methoxy groups -OCH3 is 1. The minimum absolute atomic E-state index is 0.252. The fourth-order valence-corrected chi connectivity index (χ4v) is 4.85. The van der Waals surface area contributed by atoms with Gasteiger partial charge in [-0.05, 0) is 38.0 Å². The van der Waals surface area contributed by atoms with Gasteiger partial charge < -0.3 is 19.5 Å². The smallest absolute Gasteiger partial charge is 0.165 e. The first kappa shape index (κ1) is 8.94. The fourth-order valence-electron chi connectivity index (χ4n) is 4.85. The van der Waals surface area contributed by atoms with E-state index in [-0.39, 0.29) is 18.5 Å². The molecule has 4 aliphatic rings. The van der Waals surface area contributed by atoms with E-state index in [0.29, 0.717) is 24.3 Å². The summed E-state index contributed by atoms with van der Waals surface area (Å²) in [5.74, 6) is 0.538. The second kappa shape index (κ2) is 4.06. The molecule has 0 aromatic heterocycles. The fraction of sp³-hybridized carbons (Fsp3) is 0.556. The lowest BCUT2D eigenvalue weighted by atomic mass is 9.53. The number of likely N-dealkylation sites (N-methyl/N-ethyl adjacent to an activating group) is 1. The van der Waals surface area contributed by atoms with Gasteiger partial charge in [-0.1, -0.05) is 18.2 Å². The molecular weight excluding hydrogens is 278 g/mol. The summed E-state index contributed by atoms with van der Waals surface area (Å²) in [5.41, 5.74) is 0.724. The van der Waals surface area contributed by atoms with Crippen LogP contribution in [0.4, 0.5) is 0 Å². The Kier molecular flexibility index (Phi) is 1.65. The van der Waals surface area contributed by atoms with Gasteiger partial charge in [0, 0.05) is 27.1 Å². The molecule has 22 heavy (non-hydrogen) atoms. The van der Waals surface area contributed by atoms with E-state index in [0.717, 1.165) is 11.1 Å². The van der Waals surface area contributed by atoms with Crippen molar-refractivity contribution in [2.24, 2.45) is 5.92 Å². The van der Waals surface area contributed by atoms with Gasteiger partial charge in [0.2, 0.25) is 0 Å². The van der Waals surface area contributed by atoms with Crippen LogP contribution in [-0.4, -0.2) is 48.8 Å². The Bertz CT molecular complexity index is 869. The van der Waals surface area contributed by atoms with E-state index in [4.69, 9.17) is 16.3 Å². The first-order valence-electron chi connectivity index (χ1n) is 10.1. The lowest BCUT2D eigenvalue weighted by Gasteiger charge is -2.56. The molecule has 1 spiro atoms. The second-order valence-electron chi connectivity index (χ2n) is 6.52. The van der Waals surface area contributed by atoms with Crippen molar-refractivity contribution in [1.82, 2.24) is 4.90 Å². The number of hydrogen-bond donors (Lipinski definition) is 1. The van der Waals surface area contributed by atoms with Gasteiger partial charge in [-0.25, -0.2) is 0 Å². The Hall–Kier alpha value is -1.52. The number of benzene rings is 1. The minimum atomic E-state index is -2.26. The third-order valence-corrected chi connectivity index (χ3v) is 5.74. The lowest BCUT2D eigenvalue weighted by Crippen LogP contribution is -2.64. The highest BCUT2D eigenvalue weighted by atomic mass is 16.5. The zero-order chi connectivity index (χ0) is 19.4. The van der Waals surface area contributed by atoms with Gasteiger partial charge in [-0.15, -0.1) is 0 Å². The molecule has 4 heteroatoms. The van der Waals surface area contributed by atoms with Gasteiger partial charge in [0.25, 0.3) is 0 Å². The van der Waals surface area contributed by atoms with Crippen molar-refractivity contribution in [3.8, 4) is 11.5 Å². The Morgan fingerprint density at radius 1 is 1.50 bits per heavy atom. The third kappa shape index (κ3) is 1.28. The van der Waals surface area contributed by atoms with Crippen LogP contribution in [0.25, 0.3) is 0 Å². The van der Waals surface area contributed by atoms with E-state index in [2.05, 4.69) is 0 Å². The Labute approximate surface area is 137 Å². The van der Waals surface area contributed by atoms with Crippen LogP contribution in [0.3, 0.4) is 0 Å². The molecule has 2 aliphatic carbocycles. The molecule has 0 saturated carbocycles. The molecule has 1 aromatic carbocycles. The van der Waals surface area contributed by atoms with E-state index in [1.165, 1.54) is 18.1 Å². The molecule has 5 atom stereocenters. The summed E-state index contributed by atoms with van der Waals surface area (Å²) in [7, 11) is 1.52. The lowest BCUT2D eigenvalue weighted by molar-refractivity contribution is -0.0453. The first-order chi connectivity index (χ1) is 12.6. The molecule has 0 radical (unpaired) electrons. The summed E-state index contributed by atoms with van der Waals surface area (Å²) in [6.07, 6.45) is -0.392. The van der Waals surface area contributed by atoms with Crippen LogP contribution in [-0.2, 0) is 11.8 Å². The van der Waals surface area contributed by atoms with E-state index in [1.54, 1.807) is 12.1 Å². The van der Waals surface area contributed by atoms with Crippen molar-refractivity contribution in [3.63, 3.8) is 0 Å². The van der Waals surface area contributed by atoms with E-state index in [1.807, 2.05) is 6.07 Å². The predicted octanol–water partition coefficient (Wildman–Crippen LogP) is 1.50. The van der Waals surface area contributed by atoms with Crippen molar-refractivity contribution < 1.29 is 21.4 Å². The molecule has 116 valence electrons. The van der Waals surface area contributed by atoms with Gasteiger partial charge in [0.05, 0.1) is 9.85 Å². The summed E-state index contributed by atoms with van der Waals surface area (Å²) in [5, 5.41) is 10.8. The Balaban J connectivity index is 1.82. The Morgan fingerprint density at radius 2 is 2.41 bits per heavy atom. The highest BCUT2D eigenvalue weighted by molar-refractivity contribution is 5.62. The van der Waals surface area contributed by atoms with Gasteiger partial charge in [-0.2, -0.15) is 0 Å². The first-order valence-corrected chi connectivity index (χ1v) is 7.65. The highest BCUT2D eigenvalue weighted by Crippen LogP contribution is 2.62. The van der Waals surface area contributed by atoms with Gasteiger partial charge in [0.15, 0.2) is 11.5 Å². The highest BCUT2D eigenvalue weighted by Gasteiger charge is 2.64. The van der Waals surface area contributed by atoms with Crippen molar-refractivity contribution >= 4 is 0 Å². The van der Waals surface area contributed by atoms with Crippen LogP contribution in [0.5, 0.6) is 11.5 Å². The summed E-state index contributed by atoms with van der Waals surface area (Å²) in [6, 6.07) is 3.29. The average Bonchev–Trinajstić information content (AvgIpc) is 2.84. The standard InChI is InChI=1S/C18H21NO3/c1-19-8-7-18-11-4-5-13(20)17(18)22-16-14(21-2)6-3-10(15(16)18)9-12(11)19/h3-6,11-13,17,20H,7-9H2,1-2H3/t11-,12+,13?,17?,18-/m0/s1/i1D3,13D,17D. The van der Waals surface area contributed by atoms with Crippen molar-refractivity contribution in [3.05, 3.63) is 35.4 Å². The average molecular weight is 304 g/mol. The predicted molar refractivity (Wildman–Crippen MR) is 82.5 cm³/mol. The SMILES string of the molecule is [2H]C([2H])([2H])N1CC[C@]23c4c5ccc(OC)c4OC2([2H])C([2H])(O)C=C[C@H]3[C@H]1C5. The zero-order valence-electron chi connectivity index (χ0n) is 17.3. The quantitative estimate of drug-likeness (QED) is 0.799. The summed E-state index contributed by atoms with van der Waals surface area (Å²) >= 11 is 0. The molecule has 2 unspecified atom stereocenters. The number of ether oxygens (including phenoxy) is 2. The van der Waals surface area contributed by atoms with E-state index >= 15 is 0 Å². The molecule has 0 amide bonds. The van der Waals surface area contributed by atoms with Crippen LogP contribution in [0, 0.1) is 5.92 Å². The normalized spacial score (nSPS) is 51.6. The summed E-state index contributed by atoms with van der Waals surface area (Å²) in [4.78, 5) is 1.52. The number of rotatable bonds is 1. The van der Waals surface area contributed by atoms with Gasteiger partial charge in [-0.3, -0.25) is 0 Å². The maximum atomic E-state index is 10.8. The maximum Gasteiger partial charge on any atom is 0.165 e. The molecule has 5 rings (SSSR count). The Morgan fingerprint density at radius 3 is 3.23 bits per heavy atom. The molecule has 2 heterocycles. The monoisotopic (exact) mass is 304 g/mol. The largest absolute Gasteiger partial charge is 0.493 e. The topological polar surface area (TPSA) is 41.9 Å². The van der Waals surface area contributed by atoms with Crippen molar-refractivity contribution in [1.29, 1.82) is 0 Å². The molecule has 2 bridgehead atoms. The van der Waals surface area contributed by atoms with Crippen molar-refractivity contribution in [2.75, 3.05) is 20.6 Å². The minimum Gasteiger partial charge on any atom is -0.493 e. The summed E-state index contributed by atoms with van der Waals surface area (Å²) < 4.78 is 52.8. The third-order valence-electron chi connectivity index (χ3n) is 5.74. The second-order valence-corrected chi connectivity index (χ2v) is 6.52. The van der Waals surface area contributed by atoms with Gasteiger partial charge >= 0.3 is 0 Å². The van der Waals surface area contributed by atoms with Gasteiger partial charge in [0.1, 0.15) is 12.2 Å². The summed E-state index contributed by atoms with van der Waals surface area (Å²) in [6.45, 7) is -1.99. The van der Waals surface area contributed by atoms with E-state index < -0.39 is 24.6 Å². The maximum absolute atomic E-state index is 10.8. The van der Waals surface area contributed by atoms with Crippen LogP contribution < -0.4 is 9.47 Å². The molecule has 1 saturated heterocycles. The van der Waals surface area contributed by atoms with Crippen LogP contribution >= 0.6 is 0 Å². The number of piperidine rings is 1. The van der Waals surface area contributed by atoms with E-state index in [9.17, 15) is 5.11 Å². The zero-order valence-corrected chi connectivity index (χ0v) is 12.3. The molecule has 1 fully saturated rings. The molecule has 4 nitrogen and oxygen atoms in total. The molecule has 2 aliphatic heterocycles. The number of nitrogens with zero attached hydrogens (tertiary/aromatic N) is 1. The molecule has 1 N–H and O–H groups in total. The number of aliphatic hydroxyl groups is 1. The number of likely N-dealkylation sites (tertiary alicyclic amines) is 1. The molecular formula is C18H21NO3. The van der Waals surface area contributed by atoms with Crippen molar-refractivity contribution in [2.45, 2.75) is 36.5 Å². The van der Waals surface area contributed by atoms with Crippen LogP contribution in [0.2, 0.25) is 0 Å². The number of hydrogen-bond acceptors (Lipinski definition) is 4. The molecule has 1 aromatic rings. The van der Waals surface area contributed by atoms with Crippen LogP contribution in [0.15, 0.2) is 24.3 Å².